The zero-order valence-electron chi connectivity index (χ0n) is 17.2. The second-order valence-electron chi connectivity index (χ2n) is 7.83. The van der Waals surface area contributed by atoms with E-state index in [9.17, 15) is 14.9 Å². The van der Waals surface area contributed by atoms with Gasteiger partial charge < -0.3 is 14.7 Å². The number of anilines is 2. The molecule has 2 aliphatic heterocycles. The van der Waals surface area contributed by atoms with Crippen molar-refractivity contribution in [3.8, 4) is 6.07 Å². The van der Waals surface area contributed by atoms with Gasteiger partial charge in [-0.05, 0) is 31.0 Å². The number of pyridine rings is 1. The Balaban J connectivity index is 1.32. The van der Waals surface area contributed by atoms with Gasteiger partial charge in [-0.1, -0.05) is 12.1 Å². The third-order valence-electron chi connectivity index (χ3n) is 6.05. The maximum Gasteiger partial charge on any atom is 0.292 e. The first-order valence-electron chi connectivity index (χ1n) is 10.4. The normalized spacial score (nSPS) is 17.3. The van der Waals surface area contributed by atoms with E-state index < -0.39 is 0 Å². The number of nitro groups is 1. The molecule has 2 aliphatic rings. The van der Waals surface area contributed by atoms with E-state index in [1.54, 1.807) is 36.5 Å². The first-order chi connectivity index (χ1) is 15.1. The second-order valence-corrected chi connectivity index (χ2v) is 7.83. The van der Waals surface area contributed by atoms with Crippen molar-refractivity contribution < 1.29 is 9.72 Å². The molecule has 4 rings (SSSR count). The number of rotatable bonds is 4. The summed E-state index contributed by atoms with van der Waals surface area (Å²) in [5.74, 6) is 0.884. The smallest absolute Gasteiger partial charge is 0.292 e. The van der Waals surface area contributed by atoms with Crippen molar-refractivity contribution in [2.75, 3.05) is 49.1 Å². The maximum atomic E-state index is 13.0. The summed E-state index contributed by atoms with van der Waals surface area (Å²) in [6, 6.07) is 12.4. The summed E-state index contributed by atoms with van der Waals surface area (Å²) in [5.41, 5.74) is 1.31. The summed E-state index contributed by atoms with van der Waals surface area (Å²) in [6.07, 6.45) is 3.02. The molecule has 1 amide bonds. The van der Waals surface area contributed by atoms with Gasteiger partial charge in [0.15, 0.2) is 0 Å². The third kappa shape index (κ3) is 4.43. The number of aromatic nitrogens is 1. The molecule has 0 spiro atoms. The number of piperidine rings is 1. The average molecular weight is 420 g/mol. The minimum absolute atomic E-state index is 0.0504. The van der Waals surface area contributed by atoms with E-state index >= 15 is 0 Å². The summed E-state index contributed by atoms with van der Waals surface area (Å²) in [5, 5.41) is 20.4. The first-order valence-corrected chi connectivity index (χ1v) is 10.4. The average Bonchev–Trinajstić information content (AvgIpc) is 2.84. The summed E-state index contributed by atoms with van der Waals surface area (Å²) < 4.78 is 0. The maximum absolute atomic E-state index is 13.0. The molecule has 9 nitrogen and oxygen atoms in total. The van der Waals surface area contributed by atoms with Gasteiger partial charge in [0.2, 0.25) is 5.91 Å². The van der Waals surface area contributed by atoms with Gasteiger partial charge in [0.05, 0.1) is 16.6 Å². The van der Waals surface area contributed by atoms with Crippen molar-refractivity contribution in [2.24, 2.45) is 5.92 Å². The van der Waals surface area contributed by atoms with Crippen molar-refractivity contribution in [3.05, 3.63) is 58.3 Å². The number of amides is 1. The van der Waals surface area contributed by atoms with Gasteiger partial charge in [0.25, 0.3) is 5.69 Å². The standard InChI is InChI=1S/C22H24N6O3/c23-16-17-5-8-24-21(15-17)26-11-13-27(14-12-26)22(29)18-6-9-25(10-7-18)19-3-1-2-4-20(19)28(30)31/h1-5,8,15,18H,6-7,9-14H2. The van der Waals surface area contributed by atoms with Gasteiger partial charge in [0, 0.05) is 57.4 Å². The summed E-state index contributed by atoms with van der Waals surface area (Å²) in [6.45, 7) is 3.88. The number of piperazine rings is 1. The van der Waals surface area contributed by atoms with Gasteiger partial charge in [-0.3, -0.25) is 14.9 Å². The van der Waals surface area contributed by atoms with Crippen LogP contribution in [0.15, 0.2) is 42.6 Å². The Morgan fingerprint density at radius 3 is 2.45 bits per heavy atom. The first kappa shape index (κ1) is 20.6. The Morgan fingerprint density at radius 1 is 1.06 bits per heavy atom. The lowest BCUT2D eigenvalue weighted by Crippen LogP contribution is -2.52. The lowest BCUT2D eigenvalue weighted by Gasteiger charge is -2.39. The predicted molar refractivity (Wildman–Crippen MR) is 116 cm³/mol. The highest BCUT2D eigenvalue weighted by Crippen LogP contribution is 2.31. The monoisotopic (exact) mass is 420 g/mol. The largest absolute Gasteiger partial charge is 0.366 e. The zero-order chi connectivity index (χ0) is 21.8. The Kier molecular flexibility index (Phi) is 5.98. The zero-order valence-corrected chi connectivity index (χ0v) is 17.2. The molecule has 0 unspecified atom stereocenters. The van der Waals surface area contributed by atoms with E-state index in [4.69, 9.17) is 5.26 Å². The predicted octanol–water partition coefficient (Wildman–Crippen LogP) is 2.43. The number of carbonyl (C=O) groups is 1. The summed E-state index contributed by atoms with van der Waals surface area (Å²) >= 11 is 0. The van der Waals surface area contributed by atoms with Crippen molar-refractivity contribution in [1.82, 2.24) is 9.88 Å². The highest BCUT2D eigenvalue weighted by molar-refractivity contribution is 5.79. The molecular formula is C22H24N6O3. The van der Waals surface area contributed by atoms with Crippen LogP contribution in [0.2, 0.25) is 0 Å². The molecular weight excluding hydrogens is 396 g/mol. The number of nitrogens with zero attached hydrogens (tertiary/aromatic N) is 6. The fourth-order valence-electron chi connectivity index (χ4n) is 4.33. The van der Waals surface area contributed by atoms with E-state index in [1.165, 1.54) is 6.07 Å². The number of carbonyl (C=O) groups excluding carboxylic acids is 1. The van der Waals surface area contributed by atoms with Crippen molar-refractivity contribution in [1.29, 1.82) is 5.26 Å². The lowest BCUT2D eigenvalue weighted by molar-refractivity contribution is -0.384. The van der Waals surface area contributed by atoms with Gasteiger partial charge in [-0.15, -0.1) is 0 Å². The molecule has 2 saturated heterocycles. The van der Waals surface area contributed by atoms with Crippen LogP contribution in [-0.2, 0) is 4.79 Å². The molecule has 2 aromatic rings. The van der Waals surface area contributed by atoms with Crippen LogP contribution in [-0.4, -0.2) is 60.0 Å². The van der Waals surface area contributed by atoms with Crippen molar-refractivity contribution in [2.45, 2.75) is 12.8 Å². The topological polar surface area (TPSA) is 107 Å². The fourth-order valence-corrected chi connectivity index (χ4v) is 4.33. The minimum atomic E-state index is -0.354. The van der Waals surface area contributed by atoms with Gasteiger partial charge >= 0.3 is 0 Å². The van der Waals surface area contributed by atoms with Crippen LogP contribution in [0.1, 0.15) is 18.4 Å². The summed E-state index contributed by atoms with van der Waals surface area (Å²) in [7, 11) is 0. The Hall–Kier alpha value is -3.67. The Bertz CT molecular complexity index is 1000. The van der Waals surface area contributed by atoms with E-state index in [1.807, 2.05) is 9.80 Å². The van der Waals surface area contributed by atoms with Crippen molar-refractivity contribution in [3.63, 3.8) is 0 Å². The molecule has 1 aromatic heterocycles. The number of nitriles is 1. The van der Waals surface area contributed by atoms with Crippen LogP contribution in [0.3, 0.4) is 0 Å². The molecule has 0 radical (unpaired) electrons. The molecule has 2 fully saturated rings. The molecule has 0 saturated carbocycles. The van der Waals surface area contributed by atoms with Crippen LogP contribution < -0.4 is 9.80 Å². The van der Waals surface area contributed by atoms with Crippen LogP contribution >= 0.6 is 0 Å². The number of nitro benzene ring substituents is 1. The number of hydrogen-bond acceptors (Lipinski definition) is 7. The minimum Gasteiger partial charge on any atom is -0.366 e. The molecule has 1 aromatic carbocycles. The fraction of sp³-hybridized carbons (Fsp3) is 0.409. The molecule has 31 heavy (non-hydrogen) atoms. The molecule has 0 bridgehead atoms. The number of hydrogen-bond donors (Lipinski definition) is 0. The van der Waals surface area contributed by atoms with E-state index in [0.29, 0.717) is 63.4 Å². The summed E-state index contributed by atoms with van der Waals surface area (Å²) in [4.78, 5) is 34.3. The van der Waals surface area contributed by atoms with E-state index in [2.05, 4.69) is 16.0 Å². The second kappa shape index (κ2) is 9.00. The molecule has 0 aliphatic carbocycles. The molecule has 9 heteroatoms. The van der Waals surface area contributed by atoms with Gasteiger partial charge in [-0.25, -0.2) is 4.98 Å². The molecule has 3 heterocycles. The number of para-hydroxylation sites is 2. The third-order valence-corrected chi connectivity index (χ3v) is 6.05. The van der Waals surface area contributed by atoms with Crippen LogP contribution in [0.5, 0.6) is 0 Å². The lowest BCUT2D eigenvalue weighted by atomic mass is 9.94. The van der Waals surface area contributed by atoms with Gasteiger partial charge in [0.1, 0.15) is 11.5 Å². The van der Waals surface area contributed by atoms with E-state index in [-0.39, 0.29) is 22.4 Å². The highest BCUT2D eigenvalue weighted by Gasteiger charge is 2.32. The number of benzene rings is 1. The van der Waals surface area contributed by atoms with Crippen molar-refractivity contribution >= 4 is 23.1 Å². The van der Waals surface area contributed by atoms with Crippen LogP contribution in [0.4, 0.5) is 17.2 Å². The molecule has 0 N–H and O–H groups in total. The van der Waals surface area contributed by atoms with Gasteiger partial charge in [-0.2, -0.15) is 5.26 Å². The highest BCUT2D eigenvalue weighted by atomic mass is 16.6. The Labute approximate surface area is 180 Å². The van der Waals surface area contributed by atoms with Crippen LogP contribution in [0.25, 0.3) is 0 Å². The van der Waals surface area contributed by atoms with E-state index in [0.717, 1.165) is 5.82 Å². The molecule has 160 valence electrons. The molecule has 0 atom stereocenters. The van der Waals surface area contributed by atoms with Crippen LogP contribution in [0, 0.1) is 27.4 Å². The quantitative estimate of drug-likeness (QED) is 0.552. The SMILES string of the molecule is N#Cc1ccnc(N2CCN(C(=O)C3CCN(c4ccccc4[N+](=O)[O-])CC3)CC2)c1. The Morgan fingerprint density at radius 2 is 1.77 bits per heavy atom.